The van der Waals surface area contributed by atoms with E-state index in [1.165, 1.54) is 11.8 Å². The van der Waals surface area contributed by atoms with Crippen LogP contribution in [0.2, 0.25) is 0 Å². The first-order valence-corrected chi connectivity index (χ1v) is 8.17. The molecule has 1 aromatic carbocycles. The second kappa shape index (κ2) is 7.78. The molecule has 2 rings (SSSR count). The van der Waals surface area contributed by atoms with Crippen molar-refractivity contribution in [3.63, 3.8) is 0 Å². The summed E-state index contributed by atoms with van der Waals surface area (Å²) in [6.07, 6.45) is 2.55. The number of thioether (sulfide) groups is 1. The van der Waals surface area contributed by atoms with Gasteiger partial charge in [-0.1, -0.05) is 0 Å². The van der Waals surface area contributed by atoms with E-state index in [4.69, 9.17) is 9.47 Å². The first-order chi connectivity index (χ1) is 11.1. The highest BCUT2D eigenvalue weighted by atomic mass is 32.2. The van der Waals surface area contributed by atoms with Gasteiger partial charge < -0.3 is 9.47 Å². The summed E-state index contributed by atoms with van der Waals surface area (Å²) in [5.74, 6) is -0.168. The molecule has 1 atom stereocenters. The molecule has 0 aliphatic carbocycles. The first-order valence-electron chi connectivity index (χ1n) is 6.95. The highest BCUT2D eigenvalue weighted by Gasteiger charge is 2.22. The maximum absolute atomic E-state index is 12.3. The Morgan fingerprint density at radius 2 is 1.87 bits per heavy atom. The fraction of sp³-hybridized carbons (Fsp3) is 0.235. The van der Waals surface area contributed by atoms with Crippen molar-refractivity contribution in [2.75, 3.05) is 13.4 Å². The monoisotopic (exact) mass is 331 g/mol. The molecule has 0 aliphatic heterocycles. The number of carbonyl (C=O) groups is 2. The Kier molecular flexibility index (Phi) is 5.76. The number of ether oxygens (including phenoxy) is 2. The van der Waals surface area contributed by atoms with E-state index in [9.17, 15) is 9.59 Å². The number of pyridine rings is 1. The van der Waals surface area contributed by atoms with E-state index in [1.54, 1.807) is 56.6 Å². The number of hydrogen-bond acceptors (Lipinski definition) is 6. The molecule has 0 saturated heterocycles. The second-order valence-corrected chi connectivity index (χ2v) is 5.50. The lowest BCUT2D eigenvalue weighted by atomic mass is 10.1. The molecule has 0 saturated carbocycles. The summed E-state index contributed by atoms with van der Waals surface area (Å²) in [5, 5.41) is 0.571. The number of nitrogens with zero attached hydrogens (tertiary/aromatic N) is 1. The van der Waals surface area contributed by atoms with E-state index in [1.807, 2.05) is 6.26 Å². The van der Waals surface area contributed by atoms with E-state index in [0.29, 0.717) is 21.9 Å². The van der Waals surface area contributed by atoms with Gasteiger partial charge in [-0.15, -0.1) is 11.8 Å². The van der Waals surface area contributed by atoms with Crippen molar-refractivity contribution < 1.29 is 19.1 Å². The SMILES string of the molecule is COc1ccc(C(=O)[C@@H](C)OC(=O)c2cccnc2SC)cc1. The van der Waals surface area contributed by atoms with E-state index < -0.39 is 12.1 Å². The lowest BCUT2D eigenvalue weighted by Gasteiger charge is -2.13. The third kappa shape index (κ3) is 4.10. The van der Waals surface area contributed by atoms with Crippen molar-refractivity contribution in [1.29, 1.82) is 0 Å². The lowest BCUT2D eigenvalue weighted by Crippen LogP contribution is -2.24. The van der Waals surface area contributed by atoms with Crippen LogP contribution in [0.4, 0.5) is 0 Å². The van der Waals surface area contributed by atoms with Gasteiger partial charge in [0.1, 0.15) is 10.8 Å². The van der Waals surface area contributed by atoms with Gasteiger partial charge in [0.2, 0.25) is 5.78 Å². The summed E-state index contributed by atoms with van der Waals surface area (Å²) in [6, 6.07) is 9.95. The van der Waals surface area contributed by atoms with Crippen LogP contribution in [0.3, 0.4) is 0 Å². The van der Waals surface area contributed by atoms with E-state index in [0.717, 1.165) is 0 Å². The predicted octanol–water partition coefficient (Wildman–Crippen LogP) is 3.24. The predicted molar refractivity (Wildman–Crippen MR) is 88.2 cm³/mol. The van der Waals surface area contributed by atoms with Gasteiger partial charge in [0, 0.05) is 11.8 Å². The highest BCUT2D eigenvalue weighted by molar-refractivity contribution is 7.98. The molecule has 120 valence electrons. The highest BCUT2D eigenvalue weighted by Crippen LogP contribution is 2.19. The van der Waals surface area contributed by atoms with Crippen molar-refractivity contribution in [2.45, 2.75) is 18.1 Å². The summed E-state index contributed by atoms with van der Waals surface area (Å²) in [4.78, 5) is 28.7. The van der Waals surface area contributed by atoms with E-state index in [2.05, 4.69) is 4.98 Å². The van der Waals surface area contributed by atoms with Crippen LogP contribution < -0.4 is 4.74 Å². The smallest absolute Gasteiger partial charge is 0.341 e. The zero-order valence-corrected chi connectivity index (χ0v) is 13.9. The number of rotatable bonds is 6. The number of hydrogen-bond donors (Lipinski definition) is 0. The molecular formula is C17H17NO4S. The Labute approximate surface area is 139 Å². The summed E-state index contributed by atoms with van der Waals surface area (Å²) < 4.78 is 10.3. The molecule has 0 aliphatic rings. The van der Waals surface area contributed by atoms with Gasteiger partial charge in [0.25, 0.3) is 0 Å². The molecule has 23 heavy (non-hydrogen) atoms. The molecule has 0 radical (unpaired) electrons. The van der Waals surface area contributed by atoms with Crippen LogP contribution in [-0.4, -0.2) is 36.2 Å². The van der Waals surface area contributed by atoms with Crippen LogP contribution in [0, 0.1) is 0 Å². The van der Waals surface area contributed by atoms with Crippen LogP contribution in [0.25, 0.3) is 0 Å². The number of carbonyl (C=O) groups excluding carboxylic acids is 2. The van der Waals surface area contributed by atoms with Gasteiger partial charge in [-0.25, -0.2) is 9.78 Å². The molecule has 1 aromatic heterocycles. The Hall–Kier alpha value is -2.34. The Bertz CT molecular complexity index is 700. The van der Waals surface area contributed by atoms with Gasteiger partial charge in [-0.3, -0.25) is 4.79 Å². The molecule has 0 bridgehead atoms. The van der Waals surface area contributed by atoms with Crippen LogP contribution in [0.15, 0.2) is 47.6 Å². The van der Waals surface area contributed by atoms with Gasteiger partial charge >= 0.3 is 5.97 Å². The van der Waals surface area contributed by atoms with Crippen LogP contribution in [-0.2, 0) is 4.74 Å². The molecule has 2 aromatic rings. The van der Waals surface area contributed by atoms with Crippen molar-refractivity contribution in [2.24, 2.45) is 0 Å². The number of Topliss-reactive ketones (excluding diaryl/α,β-unsaturated/α-hetero) is 1. The molecule has 0 spiro atoms. The zero-order chi connectivity index (χ0) is 16.8. The number of benzene rings is 1. The minimum Gasteiger partial charge on any atom is -0.497 e. The third-order valence-electron chi connectivity index (χ3n) is 3.21. The molecule has 0 unspecified atom stereocenters. The van der Waals surface area contributed by atoms with Crippen LogP contribution in [0.5, 0.6) is 5.75 Å². The Balaban J connectivity index is 2.09. The van der Waals surface area contributed by atoms with Crippen molar-refractivity contribution in [1.82, 2.24) is 4.98 Å². The van der Waals surface area contributed by atoms with E-state index >= 15 is 0 Å². The largest absolute Gasteiger partial charge is 0.497 e. The molecule has 0 N–H and O–H groups in total. The van der Waals surface area contributed by atoms with Crippen molar-refractivity contribution >= 4 is 23.5 Å². The minimum atomic E-state index is -0.884. The standard InChI is InChI=1S/C17H17NO4S/c1-11(15(19)12-6-8-13(21-2)9-7-12)22-17(20)14-5-4-10-18-16(14)23-3/h4-11H,1-3H3/t11-/m1/s1. The molecule has 5 nitrogen and oxygen atoms in total. The average Bonchev–Trinajstić information content (AvgIpc) is 2.60. The topological polar surface area (TPSA) is 65.5 Å². The number of methoxy groups -OCH3 is 1. The van der Waals surface area contributed by atoms with Gasteiger partial charge in [-0.05, 0) is 49.6 Å². The number of esters is 1. The third-order valence-corrected chi connectivity index (χ3v) is 3.92. The van der Waals surface area contributed by atoms with Crippen molar-refractivity contribution in [3.8, 4) is 5.75 Å². The maximum Gasteiger partial charge on any atom is 0.341 e. The number of aromatic nitrogens is 1. The van der Waals surface area contributed by atoms with Gasteiger partial charge in [-0.2, -0.15) is 0 Å². The molecule has 1 heterocycles. The van der Waals surface area contributed by atoms with E-state index in [-0.39, 0.29) is 5.78 Å². The average molecular weight is 331 g/mol. The summed E-state index contributed by atoms with van der Waals surface area (Å²) in [7, 11) is 1.55. The Morgan fingerprint density at radius 3 is 2.48 bits per heavy atom. The molecular weight excluding hydrogens is 314 g/mol. The molecule has 6 heteroatoms. The van der Waals surface area contributed by atoms with Crippen LogP contribution in [0.1, 0.15) is 27.6 Å². The quantitative estimate of drug-likeness (QED) is 0.460. The number of ketones is 1. The van der Waals surface area contributed by atoms with Gasteiger partial charge in [0.15, 0.2) is 6.10 Å². The summed E-state index contributed by atoms with van der Waals surface area (Å²) in [5.41, 5.74) is 0.816. The summed E-state index contributed by atoms with van der Waals surface area (Å²) in [6.45, 7) is 1.56. The van der Waals surface area contributed by atoms with Crippen LogP contribution >= 0.6 is 11.8 Å². The molecule has 0 fully saturated rings. The molecule has 0 amide bonds. The van der Waals surface area contributed by atoms with Gasteiger partial charge in [0.05, 0.1) is 12.7 Å². The van der Waals surface area contributed by atoms with Crippen molar-refractivity contribution in [3.05, 3.63) is 53.7 Å². The minimum absolute atomic E-state index is 0.268. The lowest BCUT2D eigenvalue weighted by molar-refractivity contribution is 0.0314. The normalized spacial score (nSPS) is 11.6. The summed E-state index contributed by atoms with van der Waals surface area (Å²) >= 11 is 1.35. The second-order valence-electron chi connectivity index (χ2n) is 4.70. The maximum atomic E-state index is 12.3. The fourth-order valence-electron chi connectivity index (χ4n) is 1.98. The zero-order valence-electron chi connectivity index (χ0n) is 13.1. The fourth-order valence-corrected chi connectivity index (χ4v) is 2.51. The Morgan fingerprint density at radius 1 is 1.17 bits per heavy atom. The first kappa shape index (κ1) is 17.0.